The Hall–Kier alpha value is -1.89. The Morgan fingerprint density at radius 3 is 3.00 bits per heavy atom. The van der Waals surface area contributed by atoms with E-state index in [-0.39, 0.29) is 10.5 Å². The normalized spacial score (nSPS) is 10.4. The van der Waals surface area contributed by atoms with Crippen molar-refractivity contribution >= 4 is 17.7 Å². The van der Waals surface area contributed by atoms with Gasteiger partial charge in [0.25, 0.3) is 0 Å². The zero-order valence-corrected chi connectivity index (χ0v) is 9.28. The lowest BCUT2D eigenvalue weighted by Crippen LogP contribution is -1.97. The molecule has 2 aromatic rings. The molecule has 7 heteroatoms. The van der Waals surface area contributed by atoms with Gasteiger partial charge in [-0.2, -0.15) is 4.98 Å². The topological polar surface area (TPSA) is 76.2 Å². The summed E-state index contributed by atoms with van der Waals surface area (Å²) in [6, 6.07) is 3.62. The average molecular weight is 254 g/mol. The highest BCUT2D eigenvalue weighted by atomic mass is 32.2. The SMILES string of the molecule is O=C(O)c1ccc(F)c(SCc2ncno2)c1. The summed E-state index contributed by atoms with van der Waals surface area (Å²) in [6.45, 7) is 0. The van der Waals surface area contributed by atoms with E-state index in [0.29, 0.717) is 11.6 Å². The Bertz CT molecular complexity index is 530. The van der Waals surface area contributed by atoms with Crippen molar-refractivity contribution in [3.8, 4) is 0 Å². The van der Waals surface area contributed by atoms with Gasteiger partial charge < -0.3 is 9.63 Å². The fourth-order valence-corrected chi connectivity index (χ4v) is 1.97. The van der Waals surface area contributed by atoms with Gasteiger partial charge in [0, 0.05) is 4.90 Å². The lowest BCUT2D eigenvalue weighted by atomic mass is 10.2. The van der Waals surface area contributed by atoms with E-state index < -0.39 is 11.8 Å². The van der Waals surface area contributed by atoms with Gasteiger partial charge in [0.2, 0.25) is 5.89 Å². The van der Waals surface area contributed by atoms with Gasteiger partial charge in [-0.1, -0.05) is 5.16 Å². The molecular formula is C10H7FN2O3S. The van der Waals surface area contributed by atoms with E-state index in [9.17, 15) is 9.18 Å². The first kappa shape index (κ1) is 11.6. The van der Waals surface area contributed by atoms with Crippen LogP contribution in [0.3, 0.4) is 0 Å². The van der Waals surface area contributed by atoms with Gasteiger partial charge in [-0.15, -0.1) is 11.8 Å². The fourth-order valence-electron chi connectivity index (χ4n) is 1.15. The van der Waals surface area contributed by atoms with Crippen LogP contribution in [0.25, 0.3) is 0 Å². The first-order chi connectivity index (χ1) is 8.16. The maximum Gasteiger partial charge on any atom is 0.335 e. The maximum atomic E-state index is 13.4. The number of carbonyl (C=O) groups is 1. The molecule has 1 aromatic carbocycles. The molecule has 2 rings (SSSR count). The number of carboxylic acids is 1. The van der Waals surface area contributed by atoms with Gasteiger partial charge in [0.1, 0.15) is 5.82 Å². The molecule has 1 N–H and O–H groups in total. The number of rotatable bonds is 4. The highest BCUT2D eigenvalue weighted by Gasteiger charge is 2.10. The van der Waals surface area contributed by atoms with Crippen LogP contribution in [0.15, 0.2) is 33.9 Å². The molecule has 0 unspecified atom stereocenters. The summed E-state index contributed by atoms with van der Waals surface area (Å²) in [6.07, 6.45) is 1.25. The fraction of sp³-hybridized carbons (Fsp3) is 0.100. The number of carboxylic acid groups (broad SMARTS) is 1. The van der Waals surface area contributed by atoms with Crippen LogP contribution in [-0.4, -0.2) is 21.2 Å². The van der Waals surface area contributed by atoms with Crippen LogP contribution < -0.4 is 0 Å². The summed E-state index contributed by atoms with van der Waals surface area (Å²) < 4.78 is 18.1. The van der Waals surface area contributed by atoms with Crippen LogP contribution in [0.5, 0.6) is 0 Å². The van der Waals surface area contributed by atoms with Crippen molar-refractivity contribution in [3.05, 3.63) is 41.8 Å². The second kappa shape index (κ2) is 4.96. The van der Waals surface area contributed by atoms with Crippen molar-refractivity contribution in [2.24, 2.45) is 0 Å². The number of nitrogens with zero attached hydrogens (tertiary/aromatic N) is 2. The van der Waals surface area contributed by atoms with Gasteiger partial charge in [-0.25, -0.2) is 9.18 Å². The van der Waals surface area contributed by atoms with Crippen LogP contribution in [0, 0.1) is 5.82 Å². The quantitative estimate of drug-likeness (QED) is 0.843. The third kappa shape index (κ3) is 2.82. The molecule has 0 aliphatic rings. The molecule has 0 bridgehead atoms. The zero-order chi connectivity index (χ0) is 12.3. The van der Waals surface area contributed by atoms with Crippen LogP contribution in [0.2, 0.25) is 0 Å². The maximum absolute atomic E-state index is 13.4. The summed E-state index contributed by atoms with van der Waals surface area (Å²) in [5.41, 5.74) is 0.0411. The van der Waals surface area contributed by atoms with Gasteiger partial charge in [0.15, 0.2) is 6.33 Å². The molecule has 0 saturated carbocycles. The van der Waals surface area contributed by atoms with Crippen LogP contribution >= 0.6 is 11.8 Å². The molecule has 0 atom stereocenters. The number of thioether (sulfide) groups is 1. The Morgan fingerprint density at radius 2 is 2.35 bits per heavy atom. The predicted molar refractivity (Wildman–Crippen MR) is 57.2 cm³/mol. The van der Waals surface area contributed by atoms with Crippen LogP contribution in [0.1, 0.15) is 16.2 Å². The Morgan fingerprint density at radius 1 is 1.53 bits per heavy atom. The number of hydrogen-bond donors (Lipinski definition) is 1. The van der Waals surface area contributed by atoms with Crippen molar-refractivity contribution < 1.29 is 18.8 Å². The first-order valence-electron chi connectivity index (χ1n) is 4.58. The van der Waals surface area contributed by atoms with Gasteiger partial charge in [0.05, 0.1) is 11.3 Å². The van der Waals surface area contributed by atoms with E-state index in [1.54, 1.807) is 0 Å². The summed E-state index contributed by atoms with van der Waals surface area (Å²) in [7, 11) is 0. The third-order valence-corrected chi connectivity index (χ3v) is 2.95. The Balaban J connectivity index is 2.14. The van der Waals surface area contributed by atoms with E-state index in [2.05, 4.69) is 10.1 Å². The molecule has 0 aliphatic heterocycles. The predicted octanol–water partition coefficient (Wildman–Crippen LogP) is 2.20. The second-order valence-electron chi connectivity index (χ2n) is 3.07. The molecule has 88 valence electrons. The second-order valence-corrected chi connectivity index (χ2v) is 4.09. The van der Waals surface area contributed by atoms with E-state index in [1.807, 2.05) is 0 Å². The largest absolute Gasteiger partial charge is 0.478 e. The Labute approximate surface area is 99.6 Å². The third-order valence-electron chi connectivity index (χ3n) is 1.94. The molecule has 1 heterocycles. The molecule has 1 aromatic heterocycles. The van der Waals surface area contributed by atoms with E-state index in [0.717, 1.165) is 17.8 Å². The smallest absolute Gasteiger partial charge is 0.335 e. The van der Waals surface area contributed by atoms with Gasteiger partial charge in [-0.05, 0) is 18.2 Å². The molecule has 0 amide bonds. The van der Waals surface area contributed by atoms with Crippen LogP contribution in [-0.2, 0) is 5.75 Å². The number of aromatic carboxylic acids is 1. The molecule has 0 spiro atoms. The molecule has 0 fully saturated rings. The monoisotopic (exact) mass is 254 g/mol. The van der Waals surface area contributed by atoms with E-state index >= 15 is 0 Å². The molecular weight excluding hydrogens is 247 g/mol. The summed E-state index contributed by atoms with van der Waals surface area (Å²) in [5.74, 6) is -0.917. The summed E-state index contributed by atoms with van der Waals surface area (Å²) in [5, 5.41) is 12.2. The lowest BCUT2D eigenvalue weighted by molar-refractivity contribution is 0.0696. The molecule has 0 saturated heterocycles. The number of aromatic nitrogens is 2. The minimum Gasteiger partial charge on any atom is -0.478 e. The minimum atomic E-state index is -1.09. The molecule has 0 radical (unpaired) electrons. The van der Waals surface area contributed by atoms with Crippen molar-refractivity contribution in [3.63, 3.8) is 0 Å². The summed E-state index contributed by atoms with van der Waals surface area (Å²) >= 11 is 1.10. The molecule has 17 heavy (non-hydrogen) atoms. The first-order valence-corrected chi connectivity index (χ1v) is 5.56. The van der Waals surface area contributed by atoms with Crippen LogP contribution in [0.4, 0.5) is 4.39 Å². The van der Waals surface area contributed by atoms with Crippen molar-refractivity contribution in [2.75, 3.05) is 0 Å². The van der Waals surface area contributed by atoms with Crippen molar-refractivity contribution in [1.29, 1.82) is 0 Å². The van der Waals surface area contributed by atoms with Crippen molar-refractivity contribution in [2.45, 2.75) is 10.6 Å². The minimum absolute atomic E-state index is 0.0411. The standard InChI is InChI=1S/C10H7FN2O3S/c11-7-2-1-6(10(14)15)3-8(7)17-4-9-12-5-13-16-9/h1-3,5H,4H2,(H,14,15). The van der Waals surface area contributed by atoms with Gasteiger partial charge in [-0.3, -0.25) is 0 Å². The highest BCUT2D eigenvalue weighted by Crippen LogP contribution is 2.25. The van der Waals surface area contributed by atoms with E-state index in [4.69, 9.17) is 9.63 Å². The highest BCUT2D eigenvalue weighted by molar-refractivity contribution is 7.98. The number of halogens is 1. The average Bonchev–Trinajstić information content (AvgIpc) is 2.80. The molecule has 0 aliphatic carbocycles. The Kier molecular flexibility index (Phi) is 3.38. The van der Waals surface area contributed by atoms with Crippen molar-refractivity contribution in [1.82, 2.24) is 10.1 Å². The van der Waals surface area contributed by atoms with Gasteiger partial charge >= 0.3 is 5.97 Å². The zero-order valence-electron chi connectivity index (χ0n) is 8.46. The lowest BCUT2D eigenvalue weighted by Gasteiger charge is -2.02. The summed E-state index contributed by atoms with van der Waals surface area (Å²) in [4.78, 5) is 14.7. The number of benzene rings is 1. The van der Waals surface area contributed by atoms with E-state index in [1.165, 1.54) is 18.5 Å². The number of hydrogen-bond acceptors (Lipinski definition) is 5. The molecule has 5 nitrogen and oxygen atoms in total.